The maximum absolute atomic E-state index is 11.0. The Morgan fingerprint density at radius 2 is 1.91 bits per heavy atom. The number of nitrogens with zero attached hydrogens (tertiary/aromatic N) is 1. The third kappa shape index (κ3) is 2.81. The fourth-order valence-corrected chi connectivity index (χ4v) is 3.04. The van der Waals surface area contributed by atoms with Gasteiger partial charge in [0, 0.05) is 24.7 Å². The fourth-order valence-electron chi connectivity index (χ4n) is 3.04. The molecule has 1 aromatic carbocycles. The predicted octanol–water partition coefficient (Wildman–Crippen LogP) is 2.48. The fraction of sp³-hybridized carbons (Fsp3) is 0.368. The summed E-state index contributed by atoms with van der Waals surface area (Å²) in [6.07, 6.45) is 14.4. The molecule has 1 fully saturated rings. The second kappa shape index (κ2) is 6.39. The maximum atomic E-state index is 11.0. The Hall–Kier alpha value is -2.02. The van der Waals surface area contributed by atoms with Crippen LogP contribution in [-0.4, -0.2) is 31.4 Å². The molecule has 2 atom stereocenters. The van der Waals surface area contributed by atoms with E-state index < -0.39 is 5.60 Å². The number of benzene rings is 1. The third-order valence-electron chi connectivity index (χ3n) is 4.42. The van der Waals surface area contributed by atoms with Crippen molar-refractivity contribution in [1.29, 1.82) is 0 Å². The minimum Gasteiger partial charge on any atom is -0.378 e. The van der Waals surface area contributed by atoms with E-state index in [1.54, 1.807) is 0 Å². The first-order valence-corrected chi connectivity index (χ1v) is 7.71. The summed E-state index contributed by atoms with van der Waals surface area (Å²) in [4.78, 5) is 2.28. The summed E-state index contributed by atoms with van der Waals surface area (Å²) in [6.45, 7) is 3.31. The number of aliphatic hydroxyl groups is 1. The maximum Gasteiger partial charge on any atom is 0.157 e. The van der Waals surface area contributed by atoms with E-state index in [4.69, 9.17) is 11.2 Å². The Kier molecular flexibility index (Phi) is 4.33. The standard InChI is InChI=1S/C19H21NO2/c1-2-19(21,16-6-4-3-5-7-16)17-8-10-18(11-9-17)20-12-14-22-15-13-20/h1,3-6,8-11,16,21H,7,12-15H2. The van der Waals surface area contributed by atoms with Crippen molar-refractivity contribution in [3.63, 3.8) is 0 Å². The normalized spacial score (nSPS) is 23.8. The highest BCUT2D eigenvalue weighted by molar-refractivity contribution is 5.50. The Bertz CT molecular complexity index is 605. The van der Waals surface area contributed by atoms with E-state index in [-0.39, 0.29) is 5.92 Å². The molecule has 22 heavy (non-hydrogen) atoms. The average molecular weight is 295 g/mol. The Balaban J connectivity index is 1.82. The molecular formula is C19H21NO2. The Labute approximate surface area is 131 Å². The molecule has 2 unspecified atom stereocenters. The van der Waals surface area contributed by atoms with E-state index in [2.05, 4.69) is 10.8 Å². The lowest BCUT2D eigenvalue weighted by Crippen LogP contribution is -2.36. The summed E-state index contributed by atoms with van der Waals surface area (Å²) < 4.78 is 5.37. The van der Waals surface area contributed by atoms with Crippen molar-refractivity contribution in [2.45, 2.75) is 12.0 Å². The molecule has 3 nitrogen and oxygen atoms in total. The number of rotatable bonds is 3. The van der Waals surface area contributed by atoms with Crippen molar-refractivity contribution in [3.05, 3.63) is 54.1 Å². The van der Waals surface area contributed by atoms with Gasteiger partial charge >= 0.3 is 0 Å². The van der Waals surface area contributed by atoms with Crippen LogP contribution in [0.25, 0.3) is 0 Å². The molecule has 1 saturated heterocycles. The molecule has 1 aliphatic heterocycles. The van der Waals surface area contributed by atoms with Gasteiger partial charge in [-0.15, -0.1) is 6.42 Å². The number of anilines is 1. The SMILES string of the molecule is C#CC(O)(c1ccc(N2CCOCC2)cc1)C1C=CC=CC1. The molecule has 0 amide bonds. The number of ether oxygens (including phenoxy) is 1. The monoisotopic (exact) mass is 295 g/mol. The molecule has 3 heteroatoms. The molecule has 0 radical (unpaired) electrons. The van der Waals surface area contributed by atoms with Gasteiger partial charge in [-0.1, -0.05) is 42.4 Å². The van der Waals surface area contributed by atoms with Crippen LogP contribution in [0.4, 0.5) is 5.69 Å². The van der Waals surface area contributed by atoms with Crippen LogP contribution in [0, 0.1) is 18.3 Å². The van der Waals surface area contributed by atoms with E-state index in [1.807, 2.05) is 48.6 Å². The highest BCUT2D eigenvalue weighted by Gasteiger charge is 2.35. The average Bonchev–Trinajstić information content (AvgIpc) is 2.63. The number of hydrogen-bond acceptors (Lipinski definition) is 3. The first-order valence-electron chi connectivity index (χ1n) is 7.71. The van der Waals surface area contributed by atoms with Crippen LogP contribution in [0.3, 0.4) is 0 Å². The predicted molar refractivity (Wildman–Crippen MR) is 88.6 cm³/mol. The number of morpholine rings is 1. The lowest BCUT2D eigenvalue weighted by Gasteiger charge is -2.32. The van der Waals surface area contributed by atoms with Crippen LogP contribution in [0.2, 0.25) is 0 Å². The smallest absolute Gasteiger partial charge is 0.157 e. The second-order valence-corrected chi connectivity index (χ2v) is 5.71. The minimum atomic E-state index is -1.26. The zero-order chi connectivity index (χ0) is 15.4. The molecule has 0 bridgehead atoms. The van der Waals surface area contributed by atoms with Gasteiger partial charge in [0.2, 0.25) is 0 Å². The molecule has 0 aromatic heterocycles. The summed E-state index contributed by atoms with van der Waals surface area (Å²) in [6, 6.07) is 7.95. The number of allylic oxidation sites excluding steroid dienone is 3. The summed E-state index contributed by atoms with van der Waals surface area (Å²) in [7, 11) is 0. The minimum absolute atomic E-state index is 0.0864. The van der Waals surface area contributed by atoms with Gasteiger partial charge in [0.25, 0.3) is 0 Å². The van der Waals surface area contributed by atoms with Crippen molar-refractivity contribution in [1.82, 2.24) is 0 Å². The van der Waals surface area contributed by atoms with Crippen LogP contribution < -0.4 is 4.90 Å². The summed E-state index contributed by atoms with van der Waals surface area (Å²) in [5, 5.41) is 11.0. The zero-order valence-electron chi connectivity index (χ0n) is 12.6. The quantitative estimate of drug-likeness (QED) is 0.870. The number of hydrogen-bond donors (Lipinski definition) is 1. The van der Waals surface area contributed by atoms with Gasteiger partial charge in [0.15, 0.2) is 5.60 Å². The number of terminal acetylenes is 1. The van der Waals surface area contributed by atoms with Crippen LogP contribution in [-0.2, 0) is 10.3 Å². The van der Waals surface area contributed by atoms with E-state index in [1.165, 1.54) is 0 Å². The topological polar surface area (TPSA) is 32.7 Å². The van der Waals surface area contributed by atoms with Crippen LogP contribution in [0.1, 0.15) is 12.0 Å². The molecular weight excluding hydrogens is 274 g/mol. The molecule has 1 heterocycles. The van der Waals surface area contributed by atoms with Crippen molar-refractivity contribution in [2.75, 3.05) is 31.2 Å². The second-order valence-electron chi connectivity index (χ2n) is 5.71. The molecule has 1 aliphatic carbocycles. The van der Waals surface area contributed by atoms with Crippen LogP contribution >= 0.6 is 0 Å². The first-order chi connectivity index (χ1) is 10.7. The molecule has 2 aliphatic rings. The largest absolute Gasteiger partial charge is 0.378 e. The molecule has 114 valence electrons. The molecule has 1 aromatic rings. The van der Waals surface area contributed by atoms with E-state index >= 15 is 0 Å². The van der Waals surface area contributed by atoms with Crippen LogP contribution in [0.5, 0.6) is 0 Å². The third-order valence-corrected chi connectivity index (χ3v) is 4.42. The van der Waals surface area contributed by atoms with Gasteiger partial charge in [0.1, 0.15) is 0 Å². The van der Waals surface area contributed by atoms with Gasteiger partial charge in [-0.25, -0.2) is 0 Å². The summed E-state index contributed by atoms with van der Waals surface area (Å²) in [5.41, 5.74) is 0.660. The van der Waals surface area contributed by atoms with Crippen molar-refractivity contribution >= 4 is 5.69 Å². The molecule has 0 spiro atoms. The lowest BCUT2D eigenvalue weighted by atomic mass is 9.78. The zero-order valence-corrected chi connectivity index (χ0v) is 12.6. The molecule has 3 rings (SSSR count). The van der Waals surface area contributed by atoms with E-state index in [0.717, 1.165) is 44.0 Å². The van der Waals surface area contributed by atoms with Crippen molar-refractivity contribution in [3.8, 4) is 12.3 Å². The lowest BCUT2D eigenvalue weighted by molar-refractivity contribution is 0.0557. The van der Waals surface area contributed by atoms with E-state index in [0.29, 0.717) is 0 Å². The van der Waals surface area contributed by atoms with Crippen molar-refractivity contribution < 1.29 is 9.84 Å². The van der Waals surface area contributed by atoms with Gasteiger partial charge in [-0.05, 0) is 24.1 Å². The van der Waals surface area contributed by atoms with E-state index in [9.17, 15) is 5.11 Å². The van der Waals surface area contributed by atoms with Gasteiger partial charge in [0.05, 0.1) is 13.2 Å². The molecule has 1 N–H and O–H groups in total. The Morgan fingerprint density at radius 3 is 2.50 bits per heavy atom. The first kappa shape index (κ1) is 14.9. The summed E-state index contributed by atoms with van der Waals surface area (Å²) >= 11 is 0. The Morgan fingerprint density at radius 1 is 1.18 bits per heavy atom. The highest BCUT2D eigenvalue weighted by Crippen LogP contribution is 2.35. The highest BCUT2D eigenvalue weighted by atomic mass is 16.5. The summed E-state index contributed by atoms with van der Waals surface area (Å²) in [5.74, 6) is 2.51. The van der Waals surface area contributed by atoms with Gasteiger partial charge < -0.3 is 14.7 Å². The van der Waals surface area contributed by atoms with Crippen LogP contribution in [0.15, 0.2) is 48.6 Å². The van der Waals surface area contributed by atoms with Gasteiger partial charge in [-0.3, -0.25) is 0 Å². The molecule has 0 saturated carbocycles. The van der Waals surface area contributed by atoms with Gasteiger partial charge in [-0.2, -0.15) is 0 Å². The van der Waals surface area contributed by atoms with Crippen molar-refractivity contribution in [2.24, 2.45) is 5.92 Å².